The third-order valence-electron chi connectivity index (χ3n) is 4.97. The van der Waals surface area contributed by atoms with E-state index in [-0.39, 0.29) is 0 Å². The van der Waals surface area contributed by atoms with E-state index >= 15 is 0 Å². The van der Waals surface area contributed by atoms with Gasteiger partial charge in [-0.15, -0.1) is 5.10 Å². The van der Waals surface area contributed by atoms with Gasteiger partial charge in [-0.1, -0.05) is 5.21 Å². The highest BCUT2D eigenvalue weighted by Gasteiger charge is 2.44. The molecule has 2 aliphatic heterocycles. The highest BCUT2D eigenvalue weighted by Crippen LogP contribution is 2.42. The molecule has 0 N–H and O–H groups in total. The Bertz CT molecular complexity index is 454. The molecule has 5 nitrogen and oxygen atoms in total. The normalized spacial score (nSPS) is 33.7. The molecule has 1 aliphatic carbocycles. The number of hydrogen-bond donors (Lipinski definition) is 0. The summed E-state index contributed by atoms with van der Waals surface area (Å²) in [5.41, 5.74) is 0. The van der Waals surface area contributed by atoms with Crippen LogP contribution in [0.4, 0.5) is 0 Å². The van der Waals surface area contributed by atoms with Crippen molar-refractivity contribution in [3.63, 3.8) is 0 Å². The number of hydrogen-bond acceptors (Lipinski definition) is 3. The van der Waals surface area contributed by atoms with Gasteiger partial charge in [0, 0.05) is 24.7 Å². The van der Waals surface area contributed by atoms with Crippen LogP contribution < -0.4 is 0 Å². The molecular weight excluding hydrogens is 240 g/mol. The maximum Gasteiger partial charge on any atom is 0.223 e. The molecule has 1 aromatic heterocycles. The summed E-state index contributed by atoms with van der Waals surface area (Å²) in [6.07, 6.45) is 11.5. The summed E-state index contributed by atoms with van der Waals surface area (Å²) < 4.78 is 1.98. The van der Waals surface area contributed by atoms with Crippen LogP contribution in [-0.4, -0.2) is 37.9 Å². The Hall–Kier alpha value is -1.39. The first-order valence-corrected chi connectivity index (χ1v) is 7.48. The zero-order valence-electron chi connectivity index (χ0n) is 11.1. The average molecular weight is 260 g/mol. The molecule has 2 atom stereocenters. The summed E-state index contributed by atoms with van der Waals surface area (Å²) in [7, 11) is 0. The standard InChI is InChI=1S/C14H20N4O/c19-14(7-10-1-2-10)18-11-3-4-12(18)9-13(8-11)17-6-5-15-16-17/h5-6,10-13H,1-4,7-9H2. The number of piperidine rings is 1. The molecule has 1 saturated carbocycles. The van der Waals surface area contributed by atoms with Crippen molar-refractivity contribution in [3.05, 3.63) is 12.4 Å². The van der Waals surface area contributed by atoms with Crippen LogP contribution in [0.2, 0.25) is 0 Å². The van der Waals surface area contributed by atoms with Gasteiger partial charge in [0.15, 0.2) is 0 Å². The van der Waals surface area contributed by atoms with Crippen molar-refractivity contribution in [1.82, 2.24) is 19.9 Å². The third-order valence-corrected chi connectivity index (χ3v) is 4.97. The molecule has 0 radical (unpaired) electrons. The van der Waals surface area contributed by atoms with Crippen molar-refractivity contribution in [3.8, 4) is 0 Å². The fourth-order valence-electron chi connectivity index (χ4n) is 3.86. The Balaban J connectivity index is 1.47. The molecule has 3 heterocycles. The summed E-state index contributed by atoms with van der Waals surface area (Å²) in [6, 6.07) is 1.32. The third kappa shape index (κ3) is 2.05. The van der Waals surface area contributed by atoms with Crippen LogP contribution in [0.5, 0.6) is 0 Å². The van der Waals surface area contributed by atoms with E-state index in [4.69, 9.17) is 0 Å². The molecule has 3 aliphatic rings. The van der Waals surface area contributed by atoms with Crippen molar-refractivity contribution in [2.75, 3.05) is 0 Å². The second-order valence-electron chi connectivity index (χ2n) is 6.34. The van der Waals surface area contributed by atoms with E-state index in [9.17, 15) is 4.79 Å². The van der Waals surface area contributed by atoms with Gasteiger partial charge in [-0.25, -0.2) is 4.68 Å². The topological polar surface area (TPSA) is 51.0 Å². The SMILES string of the molecule is O=C(CC1CC1)N1C2CCC1CC(n1ccnn1)C2. The van der Waals surface area contributed by atoms with E-state index in [0.29, 0.717) is 30.0 Å². The molecule has 5 heteroatoms. The largest absolute Gasteiger partial charge is 0.337 e. The van der Waals surface area contributed by atoms with Gasteiger partial charge in [-0.3, -0.25) is 4.79 Å². The van der Waals surface area contributed by atoms with Gasteiger partial charge in [0.2, 0.25) is 5.91 Å². The van der Waals surface area contributed by atoms with Crippen LogP contribution in [0.3, 0.4) is 0 Å². The lowest BCUT2D eigenvalue weighted by Crippen LogP contribution is -2.47. The number of nitrogens with zero attached hydrogens (tertiary/aromatic N) is 4. The van der Waals surface area contributed by atoms with E-state index in [2.05, 4.69) is 15.2 Å². The number of aromatic nitrogens is 3. The Morgan fingerprint density at radius 2 is 1.84 bits per heavy atom. The maximum absolute atomic E-state index is 12.4. The van der Waals surface area contributed by atoms with E-state index in [1.165, 1.54) is 25.7 Å². The van der Waals surface area contributed by atoms with Gasteiger partial charge in [0.25, 0.3) is 0 Å². The second kappa shape index (κ2) is 4.32. The number of fused-ring (bicyclic) bond motifs is 2. The van der Waals surface area contributed by atoms with E-state index in [1.807, 2.05) is 10.9 Å². The monoisotopic (exact) mass is 260 g/mol. The Morgan fingerprint density at radius 1 is 1.11 bits per heavy atom. The summed E-state index contributed by atoms with van der Waals surface area (Å²) in [4.78, 5) is 14.6. The molecule has 1 amide bonds. The number of rotatable bonds is 3. The quantitative estimate of drug-likeness (QED) is 0.832. The minimum absolute atomic E-state index is 0.409. The number of amides is 1. The lowest BCUT2D eigenvalue weighted by Gasteiger charge is -2.39. The molecule has 2 unspecified atom stereocenters. The van der Waals surface area contributed by atoms with Crippen LogP contribution in [0.15, 0.2) is 12.4 Å². The second-order valence-corrected chi connectivity index (χ2v) is 6.34. The van der Waals surface area contributed by atoms with Crippen LogP contribution in [0, 0.1) is 5.92 Å². The van der Waals surface area contributed by atoms with Gasteiger partial charge in [0.05, 0.1) is 12.2 Å². The van der Waals surface area contributed by atoms with Gasteiger partial charge in [-0.05, 0) is 44.4 Å². The van der Waals surface area contributed by atoms with Gasteiger partial charge >= 0.3 is 0 Å². The van der Waals surface area contributed by atoms with E-state index in [0.717, 1.165) is 19.3 Å². The molecule has 102 valence electrons. The van der Waals surface area contributed by atoms with Gasteiger partial charge < -0.3 is 4.90 Å². The van der Waals surface area contributed by atoms with Crippen molar-refractivity contribution in [2.45, 2.75) is 63.1 Å². The zero-order valence-corrected chi connectivity index (χ0v) is 11.1. The minimum atomic E-state index is 0.409. The summed E-state index contributed by atoms with van der Waals surface area (Å²) >= 11 is 0. The van der Waals surface area contributed by atoms with Crippen molar-refractivity contribution >= 4 is 5.91 Å². The zero-order chi connectivity index (χ0) is 12.8. The minimum Gasteiger partial charge on any atom is -0.337 e. The predicted octanol–water partition coefficient (Wildman–Crippen LogP) is 1.77. The molecule has 19 heavy (non-hydrogen) atoms. The van der Waals surface area contributed by atoms with E-state index < -0.39 is 0 Å². The van der Waals surface area contributed by atoms with Gasteiger partial charge in [0.1, 0.15) is 0 Å². The Labute approximate surface area is 113 Å². The summed E-state index contributed by atoms with van der Waals surface area (Å²) in [5.74, 6) is 1.10. The van der Waals surface area contributed by atoms with Crippen LogP contribution in [-0.2, 0) is 4.79 Å². The fraction of sp³-hybridized carbons (Fsp3) is 0.786. The molecule has 0 aromatic carbocycles. The Kier molecular flexibility index (Phi) is 2.60. The summed E-state index contributed by atoms with van der Waals surface area (Å²) in [6.45, 7) is 0. The van der Waals surface area contributed by atoms with Crippen molar-refractivity contribution in [1.29, 1.82) is 0 Å². The molecular formula is C14H20N4O. The first-order chi connectivity index (χ1) is 9.31. The lowest BCUT2D eigenvalue weighted by atomic mass is 9.97. The molecule has 3 fully saturated rings. The Morgan fingerprint density at radius 3 is 2.42 bits per heavy atom. The molecule has 2 saturated heterocycles. The van der Waals surface area contributed by atoms with E-state index in [1.54, 1.807) is 6.20 Å². The van der Waals surface area contributed by atoms with Crippen molar-refractivity contribution < 1.29 is 4.79 Å². The maximum atomic E-state index is 12.4. The lowest BCUT2D eigenvalue weighted by molar-refractivity contribution is -0.136. The molecule has 2 bridgehead atoms. The van der Waals surface area contributed by atoms with Crippen molar-refractivity contribution in [2.24, 2.45) is 5.92 Å². The first kappa shape index (κ1) is 11.4. The molecule has 0 spiro atoms. The number of carbonyl (C=O) groups is 1. The summed E-state index contributed by atoms with van der Waals surface area (Å²) in [5, 5.41) is 8.03. The fourth-order valence-corrected chi connectivity index (χ4v) is 3.86. The van der Waals surface area contributed by atoms with Crippen LogP contribution in [0.1, 0.15) is 51.0 Å². The van der Waals surface area contributed by atoms with Crippen LogP contribution >= 0.6 is 0 Å². The molecule has 4 rings (SSSR count). The highest BCUT2D eigenvalue weighted by atomic mass is 16.2. The first-order valence-electron chi connectivity index (χ1n) is 7.48. The molecule has 1 aromatic rings. The predicted molar refractivity (Wildman–Crippen MR) is 69.3 cm³/mol. The average Bonchev–Trinajstić information content (AvgIpc) is 2.97. The highest BCUT2D eigenvalue weighted by molar-refractivity contribution is 5.78. The van der Waals surface area contributed by atoms with Crippen LogP contribution in [0.25, 0.3) is 0 Å². The smallest absolute Gasteiger partial charge is 0.223 e. The van der Waals surface area contributed by atoms with Gasteiger partial charge in [-0.2, -0.15) is 0 Å². The number of carbonyl (C=O) groups excluding carboxylic acids is 1.